The monoisotopic (exact) mass is 201 g/mol. The summed E-state index contributed by atoms with van der Waals surface area (Å²) >= 11 is 0. The lowest BCUT2D eigenvalue weighted by molar-refractivity contribution is -0.147. The van der Waals surface area contributed by atoms with E-state index in [-0.39, 0.29) is 5.91 Å². The maximum absolute atomic E-state index is 11.4. The topological polar surface area (TPSA) is 95.7 Å². The maximum Gasteiger partial charge on any atom is 0.322 e. The average Bonchev–Trinajstić information content (AvgIpc) is 2.16. The van der Waals surface area contributed by atoms with Gasteiger partial charge >= 0.3 is 5.97 Å². The molecule has 0 aromatic heterocycles. The van der Waals surface area contributed by atoms with Crippen LogP contribution in [0.5, 0.6) is 0 Å². The standard InChI is InChI=1S/C8H15N3O3/c1-5(9)7(12)11-4-2-3-6(10-11)8(13)14/h5-6,10H,2-4,9H2,1H3,(H,13,14). The largest absolute Gasteiger partial charge is 0.480 e. The lowest BCUT2D eigenvalue weighted by Crippen LogP contribution is -2.58. The molecule has 0 radical (unpaired) electrons. The molecule has 1 amide bonds. The molecule has 0 spiro atoms. The van der Waals surface area contributed by atoms with Crippen LogP contribution in [0.25, 0.3) is 0 Å². The van der Waals surface area contributed by atoms with Crippen LogP contribution in [0.2, 0.25) is 0 Å². The van der Waals surface area contributed by atoms with Gasteiger partial charge < -0.3 is 10.8 Å². The van der Waals surface area contributed by atoms with Crippen LogP contribution < -0.4 is 11.2 Å². The number of carbonyl (C=O) groups excluding carboxylic acids is 1. The Labute approximate surface area is 82.0 Å². The van der Waals surface area contributed by atoms with E-state index in [9.17, 15) is 9.59 Å². The third-order valence-corrected chi connectivity index (χ3v) is 2.14. The van der Waals surface area contributed by atoms with Crippen molar-refractivity contribution in [2.45, 2.75) is 31.8 Å². The fourth-order valence-electron chi connectivity index (χ4n) is 1.37. The van der Waals surface area contributed by atoms with Gasteiger partial charge in [0.05, 0.1) is 6.04 Å². The number of carboxylic acids is 1. The van der Waals surface area contributed by atoms with Crippen LogP contribution in [-0.2, 0) is 9.59 Å². The van der Waals surface area contributed by atoms with Crippen molar-refractivity contribution in [3.63, 3.8) is 0 Å². The predicted octanol–water partition coefficient (Wildman–Crippen LogP) is -1.09. The fraction of sp³-hybridized carbons (Fsp3) is 0.750. The highest BCUT2D eigenvalue weighted by atomic mass is 16.4. The van der Waals surface area contributed by atoms with Gasteiger partial charge in [-0.3, -0.25) is 14.6 Å². The third-order valence-electron chi connectivity index (χ3n) is 2.14. The van der Waals surface area contributed by atoms with Gasteiger partial charge in [0.25, 0.3) is 5.91 Å². The van der Waals surface area contributed by atoms with Gasteiger partial charge in [0.15, 0.2) is 0 Å². The molecule has 1 aliphatic rings. The minimum atomic E-state index is -0.938. The summed E-state index contributed by atoms with van der Waals surface area (Å²) in [5.41, 5.74) is 8.05. The molecule has 14 heavy (non-hydrogen) atoms. The van der Waals surface area contributed by atoms with Gasteiger partial charge in [-0.05, 0) is 19.8 Å². The summed E-state index contributed by atoms with van der Waals surface area (Å²) in [6, 6.07) is -1.28. The zero-order chi connectivity index (χ0) is 10.7. The Hall–Kier alpha value is -1.14. The quantitative estimate of drug-likeness (QED) is 0.528. The summed E-state index contributed by atoms with van der Waals surface area (Å²) in [6.45, 7) is 2.10. The number of aliphatic carboxylic acids is 1. The van der Waals surface area contributed by atoms with E-state index in [1.54, 1.807) is 6.92 Å². The minimum Gasteiger partial charge on any atom is -0.480 e. The number of nitrogens with one attached hydrogen (secondary N) is 1. The van der Waals surface area contributed by atoms with Crippen molar-refractivity contribution in [2.75, 3.05) is 6.54 Å². The number of hydrogen-bond acceptors (Lipinski definition) is 4. The van der Waals surface area contributed by atoms with Crippen molar-refractivity contribution in [1.29, 1.82) is 0 Å². The molecule has 1 saturated heterocycles. The highest BCUT2D eigenvalue weighted by Gasteiger charge is 2.28. The number of amides is 1. The smallest absolute Gasteiger partial charge is 0.322 e. The van der Waals surface area contributed by atoms with Gasteiger partial charge in [-0.15, -0.1) is 0 Å². The summed E-state index contributed by atoms with van der Waals surface area (Å²) in [7, 11) is 0. The number of hydrazine groups is 1. The first-order valence-electron chi connectivity index (χ1n) is 4.58. The highest BCUT2D eigenvalue weighted by Crippen LogP contribution is 2.08. The molecule has 0 aromatic carbocycles. The summed E-state index contributed by atoms with van der Waals surface area (Å²) in [4.78, 5) is 22.1. The van der Waals surface area contributed by atoms with Crippen molar-refractivity contribution in [2.24, 2.45) is 5.73 Å². The van der Waals surface area contributed by atoms with Gasteiger partial charge in [0, 0.05) is 6.54 Å². The van der Waals surface area contributed by atoms with E-state index in [1.165, 1.54) is 5.01 Å². The van der Waals surface area contributed by atoms with Crippen LogP contribution in [0.1, 0.15) is 19.8 Å². The molecule has 0 aliphatic carbocycles. The molecular formula is C8H15N3O3. The van der Waals surface area contributed by atoms with E-state index in [0.29, 0.717) is 19.4 Å². The summed E-state index contributed by atoms with van der Waals surface area (Å²) in [6.07, 6.45) is 1.22. The number of carboxylic acid groups (broad SMARTS) is 1. The van der Waals surface area contributed by atoms with Gasteiger partial charge in [0.2, 0.25) is 0 Å². The number of nitrogens with two attached hydrogens (primary N) is 1. The lowest BCUT2D eigenvalue weighted by Gasteiger charge is -2.32. The van der Waals surface area contributed by atoms with Crippen LogP contribution in [0.4, 0.5) is 0 Å². The molecule has 80 valence electrons. The van der Waals surface area contributed by atoms with Crippen LogP contribution in [0, 0.1) is 0 Å². The number of carbonyl (C=O) groups is 2. The molecule has 1 heterocycles. The van der Waals surface area contributed by atoms with E-state index in [2.05, 4.69) is 5.43 Å². The Morgan fingerprint density at radius 1 is 1.64 bits per heavy atom. The minimum absolute atomic E-state index is 0.268. The van der Waals surface area contributed by atoms with Crippen LogP contribution in [-0.4, -0.2) is 40.6 Å². The second-order valence-electron chi connectivity index (χ2n) is 3.44. The van der Waals surface area contributed by atoms with Gasteiger partial charge in [-0.2, -0.15) is 0 Å². The molecule has 0 bridgehead atoms. The predicted molar refractivity (Wildman–Crippen MR) is 49.2 cm³/mol. The van der Waals surface area contributed by atoms with Crippen molar-refractivity contribution >= 4 is 11.9 Å². The van der Waals surface area contributed by atoms with Crippen molar-refractivity contribution in [3.8, 4) is 0 Å². The molecule has 0 saturated carbocycles. The highest BCUT2D eigenvalue weighted by molar-refractivity contribution is 5.82. The van der Waals surface area contributed by atoms with Crippen LogP contribution in [0.15, 0.2) is 0 Å². The molecule has 6 heteroatoms. The maximum atomic E-state index is 11.4. The Morgan fingerprint density at radius 3 is 2.79 bits per heavy atom. The molecule has 4 N–H and O–H groups in total. The first kappa shape index (κ1) is 10.9. The molecule has 2 unspecified atom stereocenters. The zero-order valence-electron chi connectivity index (χ0n) is 8.06. The second-order valence-corrected chi connectivity index (χ2v) is 3.44. The number of hydrogen-bond donors (Lipinski definition) is 3. The normalized spacial score (nSPS) is 24.4. The van der Waals surface area contributed by atoms with Crippen LogP contribution in [0.3, 0.4) is 0 Å². The summed E-state index contributed by atoms with van der Waals surface area (Å²) < 4.78 is 0. The zero-order valence-corrected chi connectivity index (χ0v) is 8.06. The van der Waals surface area contributed by atoms with Crippen molar-refractivity contribution < 1.29 is 14.7 Å². The Bertz CT molecular complexity index is 242. The average molecular weight is 201 g/mol. The molecular weight excluding hydrogens is 186 g/mol. The summed E-state index contributed by atoms with van der Waals surface area (Å²) in [5.74, 6) is -1.21. The van der Waals surface area contributed by atoms with Gasteiger partial charge in [0.1, 0.15) is 6.04 Å². The third kappa shape index (κ3) is 2.43. The van der Waals surface area contributed by atoms with Crippen LogP contribution >= 0.6 is 0 Å². The molecule has 1 rings (SSSR count). The van der Waals surface area contributed by atoms with E-state index >= 15 is 0 Å². The van der Waals surface area contributed by atoms with E-state index < -0.39 is 18.1 Å². The fourth-order valence-corrected chi connectivity index (χ4v) is 1.37. The summed E-state index contributed by atoms with van der Waals surface area (Å²) in [5, 5.41) is 10.0. The van der Waals surface area contributed by atoms with E-state index in [4.69, 9.17) is 10.8 Å². The van der Waals surface area contributed by atoms with E-state index in [0.717, 1.165) is 0 Å². The molecule has 1 aliphatic heterocycles. The van der Waals surface area contributed by atoms with Crippen molar-refractivity contribution in [1.82, 2.24) is 10.4 Å². The number of nitrogens with zero attached hydrogens (tertiary/aromatic N) is 1. The first-order chi connectivity index (χ1) is 6.52. The van der Waals surface area contributed by atoms with E-state index in [1.807, 2.05) is 0 Å². The SMILES string of the molecule is CC(N)C(=O)N1CCCC(C(=O)O)N1. The second kappa shape index (κ2) is 4.39. The van der Waals surface area contributed by atoms with Crippen molar-refractivity contribution in [3.05, 3.63) is 0 Å². The first-order valence-corrected chi connectivity index (χ1v) is 4.58. The molecule has 0 aromatic rings. The van der Waals surface area contributed by atoms with Gasteiger partial charge in [-0.1, -0.05) is 0 Å². The lowest BCUT2D eigenvalue weighted by atomic mass is 10.1. The Morgan fingerprint density at radius 2 is 2.29 bits per heavy atom. The Balaban J connectivity index is 2.56. The van der Waals surface area contributed by atoms with Gasteiger partial charge in [-0.25, -0.2) is 5.43 Å². The molecule has 2 atom stereocenters. The number of rotatable bonds is 2. The molecule has 1 fully saturated rings. The molecule has 6 nitrogen and oxygen atoms in total. The Kier molecular flexibility index (Phi) is 3.43.